The molecule has 0 fully saturated rings. The first kappa shape index (κ1) is 15.9. The van der Waals surface area contributed by atoms with Gasteiger partial charge in [-0.25, -0.2) is 12.8 Å². The molecule has 0 bridgehead atoms. The molecule has 2 N–H and O–H groups in total. The molecule has 0 saturated heterocycles. The molecule has 0 aliphatic carbocycles. The monoisotopic (exact) mass is 290 g/mol. The van der Waals surface area contributed by atoms with Gasteiger partial charge in [0.1, 0.15) is 18.2 Å². The average molecular weight is 290 g/mol. The second-order valence-electron chi connectivity index (χ2n) is 4.32. The molecular weight excluding hydrogens is 274 g/mol. The van der Waals surface area contributed by atoms with E-state index in [0.717, 1.165) is 6.07 Å². The van der Waals surface area contributed by atoms with Gasteiger partial charge in [0.05, 0.1) is 11.0 Å². The highest BCUT2D eigenvalue weighted by molar-refractivity contribution is 7.91. The maximum Gasteiger partial charge on any atom is 0.491 e. The zero-order valence-corrected chi connectivity index (χ0v) is 11.5. The lowest BCUT2D eigenvalue weighted by molar-refractivity contribution is 0.338. The molecule has 106 valence electrons. The van der Waals surface area contributed by atoms with Crippen molar-refractivity contribution in [1.29, 1.82) is 0 Å². The molecule has 5 nitrogen and oxygen atoms in total. The van der Waals surface area contributed by atoms with Crippen molar-refractivity contribution in [3.63, 3.8) is 0 Å². The maximum atomic E-state index is 13.4. The van der Waals surface area contributed by atoms with Crippen LogP contribution in [-0.4, -0.2) is 43.2 Å². The minimum Gasteiger partial charge on any atom is -0.492 e. The Morgan fingerprint density at radius 2 is 2.00 bits per heavy atom. The van der Waals surface area contributed by atoms with Gasteiger partial charge in [0.25, 0.3) is 0 Å². The van der Waals surface area contributed by atoms with E-state index in [4.69, 9.17) is 14.8 Å². The summed E-state index contributed by atoms with van der Waals surface area (Å²) in [5.41, 5.74) is -0.262. The second kappa shape index (κ2) is 6.36. The van der Waals surface area contributed by atoms with Crippen molar-refractivity contribution in [2.45, 2.75) is 19.1 Å². The molecule has 1 rings (SSSR count). The lowest BCUT2D eigenvalue weighted by Gasteiger charge is -2.10. The molecular formula is C11H16BFO5S. The first-order valence-corrected chi connectivity index (χ1v) is 7.45. The van der Waals surface area contributed by atoms with Gasteiger partial charge in [-0.2, -0.15) is 0 Å². The summed E-state index contributed by atoms with van der Waals surface area (Å²) in [4.78, 5) is 0. The summed E-state index contributed by atoms with van der Waals surface area (Å²) in [5, 5.41) is 17.2. The first-order chi connectivity index (χ1) is 8.74. The molecule has 0 aromatic heterocycles. The van der Waals surface area contributed by atoms with Crippen LogP contribution in [0.4, 0.5) is 4.39 Å². The van der Waals surface area contributed by atoms with Gasteiger partial charge in [-0.05, 0) is 19.9 Å². The number of sulfone groups is 1. The zero-order valence-electron chi connectivity index (χ0n) is 10.7. The van der Waals surface area contributed by atoms with Crippen molar-refractivity contribution >= 4 is 22.4 Å². The highest BCUT2D eigenvalue weighted by atomic mass is 32.2. The van der Waals surface area contributed by atoms with Crippen LogP contribution in [0.15, 0.2) is 18.2 Å². The van der Waals surface area contributed by atoms with Crippen LogP contribution < -0.4 is 10.2 Å². The molecule has 0 aliphatic rings. The predicted molar refractivity (Wildman–Crippen MR) is 70.6 cm³/mol. The van der Waals surface area contributed by atoms with Crippen molar-refractivity contribution in [3.8, 4) is 5.75 Å². The molecule has 0 unspecified atom stereocenters. The molecule has 1 aromatic carbocycles. The third kappa shape index (κ3) is 4.48. The first-order valence-electron chi connectivity index (χ1n) is 5.74. The smallest absolute Gasteiger partial charge is 0.491 e. The van der Waals surface area contributed by atoms with Crippen LogP contribution >= 0.6 is 0 Å². The SMILES string of the molecule is CC(C)S(=O)(=O)CCOc1ccc(B(O)O)c(F)c1. The van der Waals surface area contributed by atoms with E-state index in [9.17, 15) is 12.8 Å². The topological polar surface area (TPSA) is 83.8 Å². The van der Waals surface area contributed by atoms with Crippen molar-refractivity contribution in [3.05, 3.63) is 24.0 Å². The van der Waals surface area contributed by atoms with Gasteiger partial charge in [-0.3, -0.25) is 0 Å². The standard InChI is InChI=1S/C11H16BFO5S/c1-8(2)19(16,17)6-5-18-9-3-4-10(12(14)15)11(13)7-9/h3-4,7-8,14-15H,5-6H2,1-2H3. The summed E-state index contributed by atoms with van der Waals surface area (Å²) in [6.07, 6.45) is 0. The molecule has 0 saturated carbocycles. The summed E-state index contributed by atoms with van der Waals surface area (Å²) in [7, 11) is -5.09. The van der Waals surface area contributed by atoms with E-state index >= 15 is 0 Å². The van der Waals surface area contributed by atoms with Crippen LogP contribution in [0.25, 0.3) is 0 Å². The minimum absolute atomic E-state index is 0.0824. The molecule has 0 radical (unpaired) electrons. The predicted octanol–water partition coefficient (Wildman–Crippen LogP) is -0.293. The van der Waals surface area contributed by atoms with Gasteiger partial charge in [0.15, 0.2) is 9.84 Å². The third-order valence-electron chi connectivity index (χ3n) is 2.60. The van der Waals surface area contributed by atoms with Crippen LogP contribution in [0, 0.1) is 5.82 Å². The van der Waals surface area contributed by atoms with E-state index in [1.807, 2.05) is 0 Å². The van der Waals surface area contributed by atoms with Crippen LogP contribution in [0.2, 0.25) is 0 Å². The Hall–Kier alpha value is -1.12. The Kier molecular flexibility index (Phi) is 5.33. The lowest BCUT2D eigenvalue weighted by Crippen LogP contribution is -2.32. The summed E-state index contributed by atoms with van der Waals surface area (Å²) in [6.45, 7) is 3.07. The largest absolute Gasteiger partial charge is 0.492 e. The highest BCUT2D eigenvalue weighted by Crippen LogP contribution is 2.11. The van der Waals surface area contributed by atoms with Gasteiger partial charge in [-0.1, -0.05) is 6.07 Å². The Bertz CT molecular complexity index is 530. The van der Waals surface area contributed by atoms with Crippen LogP contribution in [0.3, 0.4) is 0 Å². The van der Waals surface area contributed by atoms with E-state index in [1.165, 1.54) is 12.1 Å². The van der Waals surface area contributed by atoms with Gasteiger partial charge >= 0.3 is 7.12 Å². The van der Waals surface area contributed by atoms with E-state index in [-0.39, 0.29) is 23.6 Å². The van der Waals surface area contributed by atoms with E-state index in [1.54, 1.807) is 13.8 Å². The van der Waals surface area contributed by atoms with Crippen molar-refractivity contribution < 1.29 is 27.6 Å². The Balaban J connectivity index is 2.63. The van der Waals surface area contributed by atoms with Crippen LogP contribution in [-0.2, 0) is 9.84 Å². The van der Waals surface area contributed by atoms with Gasteiger partial charge < -0.3 is 14.8 Å². The Labute approximate surface area is 112 Å². The van der Waals surface area contributed by atoms with Crippen LogP contribution in [0.1, 0.15) is 13.8 Å². The van der Waals surface area contributed by atoms with E-state index in [0.29, 0.717) is 0 Å². The fraction of sp³-hybridized carbons (Fsp3) is 0.455. The Morgan fingerprint density at radius 3 is 2.47 bits per heavy atom. The number of rotatable bonds is 6. The van der Waals surface area contributed by atoms with Gasteiger partial charge in [-0.15, -0.1) is 0 Å². The number of hydrogen-bond acceptors (Lipinski definition) is 5. The number of benzene rings is 1. The highest BCUT2D eigenvalue weighted by Gasteiger charge is 2.18. The van der Waals surface area contributed by atoms with Crippen molar-refractivity contribution in [2.24, 2.45) is 0 Å². The molecule has 0 heterocycles. The van der Waals surface area contributed by atoms with Gasteiger partial charge in [0, 0.05) is 11.5 Å². The van der Waals surface area contributed by atoms with E-state index in [2.05, 4.69) is 0 Å². The quantitative estimate of drug-likeness (QED) is 0.703. The normalized spacial score (nSPS) is 11.7. The number of ether oxygens (including phenoxy) is 1. The zero-order chi connectivity index (χ0) is 14.6. The summed E-state index contributed by atoms with van der Waals surface area (Å²) in [5.74, 6) is -0.837. The molecule has 0 atom stereocenters. The number of halogens is 1. The summed E-state index contributed by atoms with van der Waals surface area (Å²) in [6, 6.07) is 3.50. The lowest BCUT2D eigenvalue weighted by atomic mass is 9.80. The Morgan fingerprint density at radius 1 is 1.37 bits per heavy atom. The average Bonchev–Trinajstić information content (AvgIpc) is 2.28. The van der Waals surface area contributed by atoms with Crippen LogP contribution in [0.5, 0.6) is 5.75 Å². The van der Waals surface area contributed by atoms with E-state index < -0.39 is 28.0 Å². The fourth-order valence-electron chi connectivity index (χ4n) is 1.32. The minimum atomic E-state index is -3.20. The summed E-state index contributed by atoms with van der Waals surface area (Å²) >= 11 is 0. The molecule has 8 heteroatoms. The van der Waals surface area contributed by atoms with Gasteiger partial charge in [0.2, 0.25) is 0 Å². The fourth-order valence-corrected chi connectivity index (χ4v) is 2.11. The molecule has 0 aliphatic heterocycles. The maximum absolute atomic E-state index is 13.4. The molecule has 0 amide bonds. The number of hydrogen-bond donors (Lipinski definition) is 2. The third-order valence-corrected chi connectivity index (χ3v) is 4.78. The van der Waals surface area contributed by atoms with Crippen molar-refractivity contribution in [2.75, 3.05) is 12.4 Å². The summed E-state index contributed by atoms with van der Waals surface area (Å²) < 4.78 is 41.5. The molecule has 19 heavy (non-hydrogen) atoms. The molecule has 0 spiro atoms. The van der Waals surface area contributed by atoms with Crippen molar-refractivity contribution in [1.82, 2.24) is 0 Å². The second-order valence-corrected chi connectivity index (χ2v) is 7.00. The molecule has 1 aromatic rings.